The fourth-order valence-electron chi connectivity index (χ4n) is 0. The van der Waals surface area contributed by atoms with Gasteiger partial charge in [0.05, 0.1) is 0 Å². The van der Waals surface area contributed by atoms with Crippen LogP contribution in [0.2, 0.25) is 0 Å². The Morgan fingerprint density at radius 1 is 0.600 bits per heavy atom. The van der Waals surface area contributed by atoms with Gasteiger partial charge in [-0.25, -0.2) is 0 Å². The van der Waals surface area contributed by atoms with Crippen molar-refractivity contribution < 1.29 is 37.5 Å². The van der Waals surface area contributed by atoms with E-state index in [2.05, 4.69) is 0 Å². The summed E-state index contributed by atoms with van der Waals surface area (Å²) in [6, 6.07) is 0. The molecule has 0 aromatic rings. The zero-order valence-corrected chi connectivity index (χ0v) is 3.64. The molecule has 0 fully saturated rings. The third-order valence-electron chi connectivity index (χ3n) is 0. The molecular weight excluding hydrogens is 151 g/mol. The number of hydrogen-bond donors (Lipinski definition) is 0. The summed E-state index contributed by atoms with van der Waals surface area (Å²) in [5.74, 6) is 0. The largest absolute Gasteiger partial charge is 6.00 e. The van der Waals surface area contributed by atoms with Crippen molar-refractivity contribution in [3.63, 3.8) is 0 Å². The Balaban J connectivity index is 0. The van der Waals surface area contributed by atoms with Gasteiger partial charge < -0.3 is 16.4 Å². The van der Waals surface area contributed by atoms with E-state index in [1.807, 2.05) is 0 Å². The fourth-order valence-corrected chi connectivity index (χ4v) is 0. The molecular formula is HLiMoO3. The number of rotatable bonds is 0. The van der Waals surface area contributed by atoms with E-state index in [-0.39, 0.29) is 56.4 Å². The number of hydrogen-bond acceptors (Lipinski definition) is 0. The van der Waals surface area contributed by atoms with Crippen molar-refractivity contribution in [1.82, 2.24) is 0 Å². The van der Waals surface area contributed by atoms with Crippen LogP contribution in [-0.2, 0) is 37.5 Å². The first-order valence-corrected chi connectivity index (χ1v) is 0. The van der Waals surface area contributed by atoms with Crippen LogP contribution >= 0.6 is 0 Å². The van der Waals surface area contributed by atoms with Gasteiger partial charge in [0, 0.05) is 0 Å². The van der Waals surface area contributed by atoms with Crippen molar-refractivity contribution in [2.75, 3.05) is 0 Å². The van der Waals surface area contributed by atoms with Crippen LogP contribution in [0.4, 0.5) is 0 Å². The summed E-state index contributed by atoms with van der Waals surface area (Å²) in [5, 5.41) is 0. The van der Waals surface area contributed by atoms with E-state index in [4.69, 9.17) is 0 Å². The zero-order chi connectivity index (χ0) is 0. The first-order valence-electron chi connectivity index (χ1n) is 0. The normalized spacial score (nSPS) is 0. The van der Waals surface area contributed by atoms with Gasteiger partial charge in [0.25, 0.3) is 0 Å². The molecule has 5 heteroatoms. The van der Waals surface area contributed by atoms with Crippen LogP contribution in [0.5, 0.6) is 0 Å². The van der Waals surface area contributed by atoms with E-state index in [0.29, 0.717) is 0 Å². The molecule has 0 bridgehead atoms. The predicted molar refractivity (Wildman–Crippen MR) is 9.21 cm³/mol. The van der Waals surface area contributed by atoms with Gasteiger partial charge in [-0.05, 0) is 0 Å². The van der Waals surface area contributed by atoms with Crippen molar-refractivity contribution in [2.45, 2.75) is 0 Å². The summed E-state index contributed by atoms with van der Waals surface area (Å²) in [4.78, 5) is 0. The van der Waals surface area contributed by atoms with Crippen LogP contribution in [0.1, 0.15) is 0 Å². The van der Waals surface area contributed by atoms with Gasteiger partial charge in [0.2, 0.25) is 0 Å². The summed E-state index contributed by atoms with van der Waals surface area (Å²) < 4.78 is 0. The Morgan fingerprint density at radius 2 is 0.600 bits per heavy atom. The van der Waals surface area contributed by atoms with Gasteiger partial charge in [0.1, 0.15) is 0 Å². The van der Waals surface area contributed by atoms with Gasteiger partial charge in [-0.15, -0.1) is 0 Å². The van der Waals surface area contributed by atoms with E-state index in [9.17, 15) is 0 Å². The maximum absolute atomic E-state index is 0. The van der Waals surface area contributed by atoms with Crippen LogP contribution in [0.15, 0.2) is 0 Å². The summed E-state index contributed by atoms with van der Waals surface area (Å²) in [5.41, 5.74) is 0. The van der Waals surface area contributed by atoms with Crippen LogP contribution in [0.3, 0.4) is 0 Å². The fraction of sp³-hybridized carbons (Fsp3) is 0. The molecule has 0 amide bonds. The summed E-state index contributed by atoms with van der Waals surface area (Å²) in [6.07, 6.45) is 0. The second-order valence-corrected chi connectivity index (χ2v) is 0. The minimum absolute atomic E-state index is 0. The molecule has 0 N–H and O–H groups in total. The molecule has 0 rings (SSSR count). The van der Waals surface area contributed by atoms with E-state index >= 15 is 0 Å². The average Bonchev–Trinajstić information content (AvgIpc) is 0. The van der Waals surface area contributed by atoms with Crippen molar-refractivity contribution in [3.05, 3.63) is 0 Å². The van der Waals surface area contributed by atoms with Crippen LogP contribution in [0, 0.1) is 0 Å². The van der Waals surface area contributed by atoms with Gasteiger partial charge >= 0.3 is 39.9 Å². The first-order chi connectivity index (χ1) is 0. The third-order valence-corrected chi connectivity index (χ3v) is 0. The molecule has 0 saturated heterocycles. The molecule has 0 aliphatic heterocycles. The minimum Gasteiger partial charge on any atom is -2.00 e. The van der Waals surface area contributed by atoms with Crippen LogP contribution in [0.25, 0.3) is 0 Å². The average molecular weight is 152 g/mol. The molecule has 0 aromatic carbocycles. The van der Waals surface area contributed by atoms with E-state index in [0.717, 1.165) is 0 Å². The van der Waals surface area contributed by atoms with Crippen molar-refractivity contribution in [3.8, 4) is 0 Å². The first kappa shape index (κ1) is 121. The molecule has 0 atom stereocenters. The Bertz CT molecular complexity index is 6.85. The summed E-state index contributed by atoms with van der Waals surface area (Å²) in [6.45, 7) is 0. The molecule has 26 valence electrons. The predicted octanol–water partition coefficient (Wildman–Crippen LogP) is -1.01. The molecule has 0 aliphatic rings. The van der Waals surface area contributed by atoms with Gasteiger partial charge in [-0.2, -0.15) is 0 Å². The SMILES string of the molecule is [LiH].[Mo+6].[O-2].[O-2].[O-2]. The molecule has 0 unspecified atom stereocenters. The molecule has 0 spiro atoms. The Kier molecular flexibility index (Phi) is 1600. The second-order valence-electron chi connectivity index (χ2n) is 0. The second kappa shape index (κ2) is 66.0. The van der Waals surface area contributed by atoms with Crippen molar-refractivity contribution in [1.29, 1.82) is 0 Å². The maximum atomic E-state index is 0. The van der Waals surface area contributed by atoms with E-state index in [1.165, 1.54) is 0 Å². The quantitative estimate of drug-likeness (QED) is 0.398. The van der Waals surface area contributed by atoms with Gasteiger partial charge in [-0.1, -0.05) is 0 Å². The standard InChI is InChI=1S/Li.Mo.3O.H/q;+6;3*-2;. The molecule has 0 saturated carbocycles. The molecule has 5 heavy (non-hydrogen) atoms. The van der Waals surface area contributed by atoms with Crippen LogP contribution in [-0.4, -0.2) is 18.9 Å². The minimum atomic E-state index is 0. The van der Waals surface area contributed by atoms with E-state index in [1.54, 1.807) is 0 Å². The van der Waals surface area contributed by atoms with E-state index < -0.39 is 0 Å². The summed E-state index contributed by atoms with van der Waals surface area (Å²) >= 11 is 0. The van der Waals surface area contributed by atoms with Gasteiger partial charge in [-0.3, -0.25) is 0 Å². The van der Waals surface area contributed by atoms with Crippen molar-refractivity contribution in [2.24, 2.45) is 0 Å². The van der Waals surface area contributed by atoms with Gasteiger partial charge in [0.15, 0.2) is 0 Å². The zero-order valence-electron chi connectivity index (χ0n) is 1.63. The maximum Gasteiger partial charge on any atom is 6.00 e. The molecule has 0 radical (unpaired) electrons. The molecule has 0 aromatic heterocycles. The van der Waals surface area contributed by atoms with Crippen molar-refractivity contribution >= 4 is 18.9 Å². The smallest absolute Gasteiger partial charge is 2.00 e. The Hall–Kier alpha value is 1.17. The topological polar surface area (TPSA) is 85.5 Å². The third kappa shape index (κ3) is 38.1. The molecule has 0 heterocycles. The summed E-state index contributed by atoms with van der Waals surface area (Å²) in [7, 11) is 0. The van der Waals surface area contributed by atoms with Crippen LogP contribution < -0.4 is 0 Å². The Labute approximate surface area is 56.5 Å². The Morgan fingerprint density at radius 3 is 0.600 bits per heavy atom. The molecule has 3 nitrogen and oxygen atoms in total. The monoisotopic (exact) mass is 154 g/mol. The molecule has 0 aliphatic carbocycles.